The summed E-state index contributed by atoms with van der Waals surface area (Å²) in [6, 6.07) is 16.0. The summed E-state index contributed by atoms with van der Waals surface area (Å²) >= 11 is 0. The van der Waals surface area contributed by atoms with Crippen LogP contribution in [0.25, 0.3) is 0 Å². The molecule has 1 aliphatic rings. The highest BCUT2D eigenvalue weighted by molar-refractivity contribution is 5.79. The second-order valence-corrected chi connectivity index (χ2v) is 8.03. The average Bonchev–Trinajstić information content (AvgIpc) is 2.80. The Hall–Kier alpha value is -3.41. The summed E-state index contributed by atoms with van der Waals surface area (Å²) in [6.45, 7) is 6.07. The molecule has 1 fully saturated rings. The van der Waals surface area contributed by atoms with Crippen molar-refractivity contribution < 1.29 is 9.53 Å². The number of anilines is 1. The topological polar surface area (TPSA) is 67.4 Å². The molecule has 0 saturated carbocycles. The molecule has 1 unspecified atom stereocenters. The summed E-state index contributed by atoms with van der Waals surface area (Å²) in [4.78, 5) is 23.9. The number of nitrogens with one attached hydrogen (secondary N) is 1. The normalized spacial score (nSPS) is 16.1. The van der Waals surface area contributed by atoms with Gasteiger partial charge in [-0.1, -0.05) is 42.0 Å². The smallest absolute Gasteiger partial charge is 0.263 e. The van der Waals surface area contributed by atoms with Crippen LogP contribution in [0.15, 0.2) is 60.9 Å². The Balaban J connectivity index is 1.43. The van der Waals surface area contributed by atoms with Gasteiger partial charge >= 0.3 is 0 Å². The highest BCUT2D eigenvalue weighted by atomic mass is 16.5. The van der Waals surface area contributed by atoms with Gasteiger partial charge in [-0.15, -0.1) is 0 Å². The molecule has 4 rings (SSSR count). The van der Waals surface area contributed by atoms with Crippen molar-refractivity contribution in [2.45, 2.75) is 33.2 Å². The van der Waals surface area contributed by atoms with Crippen molar-refractivity contribution >= 4 is 11.7 Å². The van der Waals surface area contributed by atoms with E-state index < -0.39 is 0 Å². The van der Waals surface area contributed by atoms with Crippen molar-refractivity contribution in [3.63, 3.8) is 0 Å². The molecule has 1 saturated heterocycles. The fourth-order valence-electron chi connectivity index (χ4n) is 3.84. The van der Waals surface area contributed by atoms with Crippen LogP contribution in [0, 0.1) is 19.8 Å². The quantitative estimate of drug-likeness (QED) is 0.644. The van der Waals surface area contributed by atoms with E-state index in [1.165, 1.54) is 11.1 Å². The van der Waals surface area contributed by atoms with E-state index in [2.05, 4.69) is 39.2 Å². The molecular weight excluding hydrogens is 388 g/mol. The van der Waals surface area contributed by atoms with Crippen LogP contribution in [0.3, 0.4) is 0 Å². The van der Waals surface area contributed by atoms with Crippen LogP contribution in [0.2, 0.25) is 0 Å². The van der Waals surface area contributed by atoms with Gasteiger partial charge in [-0.2, -0.15) is 0 Å². The van der Waals surface area contributed by atoms with Crippen molar-refractivity contribution in [2.24, 2.45) is 5.92 Å². The number of nitrogens with zero attached hydrogens (tertiary/aromatic N) is 3. The van der Waals surface area contributed by atoms with Gasteiger partial charge in [0.15, 0.2) is 5.82 Å². The molecule has 2 heterocycles. The van der Waals surface area contributed by atoms with E-state index in [0.29, 0.717) is 24.8 Å². The third-order valence-corrected chi connectivity index (χ3v) is 5.69. The van der Waals surface area contributed by atoms with E-state index >= 15 is 0 Å². The minimum atomic E-state index is -0.0907. The molecular formula is C25H28N4O2. The minimum absolute atomic E-state index is 0.0813. The minimum Gasteiger partial charge on any atom is -0.436 e. The summed E-state index contributed by atoms with van der Waals surface area (Å²) in [5.74, 6) is 1.86. The van der Waals surface area contributed by atoms with Crippen LogP contribution < -0.4 is 15.0 Å². The highest BCUT2D eigenvalue weighted by Gasteiger charge is 2.28. The number of aromatic nitrogens is 2. The van der Waals surface area contributed by atoms with Crippen molar-refractivity contribution in [1.82, 2.24) is 15.3 Å². The van der Waals surface area contributed by atoms with E-state index in [4.69, 9.17) is 4.74 Å². The van der Waals surface area contributed by atoms with Crippen molar-refractivity contribution in [2.75, 3.05) is 18.0 Å². The molecule has 3 aromatic rings. The van der Waals surface area contributed by atoms with E-state index in [9.17, 15) is 4.79 Å². The maximum absolute atomic E-state index is 12.9. The number of ether oxygens (including phenoxy) is 1. The number of rotatable bonds is 6. The van der Waals surface area contributed by atoms with E-state index in [1.54, 1.807) is 12.4 Å². The van der Waals surface area contributed by atoms with Crippen LogP contribution in [0.5, 0.6) is 11.6 Å². The predicted octanol–water partition coefficient (Wildman–Crippen LogP) is 4.42. The van der Waals surface area contributed by atoms with Gasteiger partial charge in [0.1, 0.15) is 5.75 Å². The molecule has 0 spiro atoms. The molecule has 1 atom stereocenters. The lowest BCUT2D eigenvalue weighted by atomic mass is 9.97. The summed E-state index contributed by atoms with van der Waals surface area (Å²) in [7, 11) is 0. The monoisotopic (exact) mass is 416 g/mol. The summed E-state index contributed by atoms with van der Waals surface area (Å²) < 4.78 is 6.02. The molecule has 0 radical (unpaired) electrons. The first-order valence-electron chi connectivity index (χ1n) is 10.7. The maximum Gasteiger partial charge on any atom is 0.263 e. The lowest BCUT2D eigenvalue weighted by molar-refractivity contribution is -0.125. The molecule has 1 aliphatic heterocycles. The third-order valence-electron chi connectivity index (χ3n) is 5.69. The maximum atomic E-state index is 12.9. The number of amides is 1. The van der Waals surface area contributed by atoms with E-state index in [-0.39, 0.29) is 11.8 Å². The molecule has 31 heavy (non-hydrogen) atoms. The molecule has 160 valence electrons. The Morgan fingerprint density at radius 2 is 1.87 bits per heavy atom. The molecule has 0 aliphatic carbocycles. The Labute approximate surface area is 183 Å². The van der Waals surface area contributed by atoms with E-state index in [0.717, 1.165) is 30.7 Å². The van der Waals surface area contributed by atoms with Gasteiger partial charge in [-0.3, -0.25) is 4.79 Å². The van der Waals surface area contributed by atoms with Crippen molar-refractivity contribution in [3.05, 3.63) is 77.6 Å². The molecule has 6 nitrogen and oxygen atoms in total. The van der Waals surface area contributed by atoms with Gasteiger partial charge in [-0.25, -0.2) is 9.97 Å². The number of piperidine rings is 1. The van der Waals surface area contributed by atoms with Crippen molar-refractivity contribution in [3.8, 4) is 11.6 Å². The number of aryl methyl sites for hydroxylation is 2. The fraction of sp³-hybridized carbons (Fsp3) is 0.320. The Kier molecular flexibility index (Phi) is 6.46. The standard InChI is InChI=1S/C25H28N4O2/c1-18-9-11-22(12-10-18)31-25-23(26-13-14-27-25)29-15-5-8-21(17-29)24(30)28-16-20-7-4-3-6-19(20)2/h3-4,6-7,9-14,21H,5,8,15-17H2,1-2H3,(H,28,30). The summed E-state index contributed by atoms with van der Waals surface area (Å²) in [6.07, 6.45) is 5.08. The number of carbonyl (C=O) groups is 1. The van der Waals surface area contributed by atoms with Gasteiger partial charge < -0.3 is 15.0 Å². The van der Waals surface area contributed by atoms with Gasteiger partial charge in [-0.05, 0) is 49.9 Å². The molecule has 1 aromatic heterocycles. The Bertz CT molecular complexity index is 1040. The van der Waals surface area contributed by atoms with Crippen LogP contribution in [-0.2, 0) is 11.3 Å². The molecule has 0 bridgehead atoms. The Morgan fingerprint density at radius 1 is 1.10 bits per heavy atom. The average molecular weight is 417 g/mol. The Morgan fingerprint density at radius 3 is 2.68 bits per heavy atom. The number of hydrogen-bond donors (Lipinski definition) is 1. The first-order chi connectivity index (χ1) is 15.1. The largest absolute Gasteiger partial charge is 0.436 e. The zero-order valence-electron chi connectivity index (χ0n) is 18.0. The van der Waals surface area contributed by atoms with Gasteiger partial charge in [0.05, 0.1) is 5.92 Å². The second kappa shape index (κ2) is 9.60. The predicted molar refractivity (Wildman–Crippen MR) is 121 cm³/mol. The van der Waals surface area contributed by atoms with Gasteiger partial charge in [0, 0.05) is 32.0 Å². The number of benzene rings is 2. The van der Waals surface area contributed by atoms with Crippen LogP contribution >= 0.6 is 0 Å². The molecule has 2 aromatic carbocycles. The summed E-state index contributed by atoms with van der Waals surface area (Å²) in [5, 5.41) is 3.11. The lowest BCUT2D eigenvalue weighted by Gasteiger charge is -2.33. The van der Waals surface area contributed by atoms with Crippen LogP contribution in [0.1, 0.15) is 29.5 Å². The summed E-state index contributed by atoms with van der Waals surface area (Å²) in [5.41, 5.74) is 3.50. The SMILES string of the molecule is Cc1ccc(Oc2nccnc2N2CCCC(C(=O)NCc3ccccc3C)C2)cc1. The molecule has 1 N–H and O–H groups in total. The lowest BCUT2D eigenvalue weighted by Crippen LogP contribution is -2.43. The number of carbonyl (C=O) groups excluding carboxylic acids is 1. The molecule has 6 heteroatoms. The van der Waals surface area contributed by atoms with Gasteiger partial charge in [0.2, 0.25) is 5.91 Å². The van der Waals surface area contributed by atoms with Crippen LogP contribution in [-0.4, -0.2) is 29.0 Å². The zero-order valence-corrected chi connectivity index (χ0v) is 18.0. The second-order valence-electron chi connectivity index (χ2n) is 8.03. The molecule has 1 amide bonds. The fourth-order valence-corrected chi connectivity index (χ4v) is 3.84. The zero-order chi connectivity index (χ0) is 21.6. The van der Waals surface area contributed by atoms with E-state index in [1.807, 2.05) is 43.3 Å². The number of hydrogen-bond acceptors (Lipinski definition) is 5. The van der Waals surface area contributed by atoms with Gasteiger partial charge in [0.25, 0.3) is 5.88 Å². The first kappa shape index (κ1) is 20.8. The highest BCUT2D eigenvalue weighted by Crippen LogP contribution is 2.31. The van der Waals surface area contributed by atoms with Crippen molar-refractivity contribution in [1.29, 1.82) is 0 Å². The third kappa shape index (κ3) is 5.20. The first-order valence-corrected chi connectivity index (χ1v) is 10.7. The van der Waals surface area contributed by atoms with Crippen LogP contribution in [0.4, 0.5) is 5.82 Å².